The molecule has 94 valence electrons. The summed E-state index contributed by atoms with van der Waals surface area (Å²) in [6.07, 6.45) is 0.916. The van der Waals surface area contributed by atoms with E-state index in [1.54, 1.807) is 0 Å². The molecule has 3 nitrogen and oxygen atoms in total. The predicted octanol–water partition coefficient (Wildman–Crippen LogP) is 1.98. The number of rotatable bonds is 5. The average Bonchev–Trinajstić information content (AvgIpc) is 2.35. The van der Waals surface area contributed by atoms with Gasteiger partial charge >= 0.3 is 0 Å². The Kier molecular flexibility index (Phi) is 5.16. The first-order valence-electron chi connectivity index (χ1n) is 6.13. The molecule has 0 bridgehead atoms. The van der Waals surface area contributed by atoms with Crippen molar-refractivity contribution in [2.45, 2.75) is 39.8 Å². The van der Waals surface area contributed by atoms with Crippen molar-refractivity contribution < 1.29 is 4.79 Å². The number of benzene rings is 1. The topological polar surface area (TPSA) is 55.1 Å². The molecule has 0 fully saturated rings. The first-order chi connectivity index (χ1) is 8.04. The van der Waals surface area contributed by atoms with Gasteiger partial charge < -0.3 is 11.1 Å². The van der Waals surface area contributed by atoms with Gasteiger partial charge in [0, 0.05) is 6.54 Å². The molecule has 1 unspecified atom stereocenters. The van der Waals surface area contributed by atoms with Crippen molar-refractivity contribution >= 4 is 5.91 Å². The second-order valence-electron chi connectivity index (χ2n) is 4.61. The lowest BCUT2D eigenvalue weighted by Gasteiger charge is -2.17. The molecule has 0 aromatic heterocycles. The van der Waals surface area contributed by atoms with Crippen LogP contribution in [-0.4, -0.2) is 11.9 Å². The number of carbonyl (C=O) groups is 1. The number of nitrogens with one attached hydrogen (secondary N) is 1. The molecule has 0 aliphatic carbocycles. The molecule has 0 spiro atoms. The van der Waals surface area contributed by atoms with Gasteiger partial charge in [0.1, 0.15) is 0 Å². The third-order valence-electron chi connectivity index (χ3n) is 3.15. The molecule has 1 aromatic rings. The van der Waals surface area contributed by atoms with Crippen LogP contribution in [0.25, 0.3) is 0 Å². The maximum absolute atomic E-state index is 11.7. The molecule has 17 heavy (non-hydrogen) atoms. The summed E-state index contributed by atoms with van der Waals surface area (Å²) in [7, 11) is 0. The van der Waals surface area contributed by atoms with Crippen LogP contribution >= 0.6 is 0 Å². The molecule has 1 amide bonds. The van der Waals surface area contributed by atoms with Crippen molar-refractivity contribution in [1.29, 1.82) is 0 Å². The number of nitrogens with two attached hydrogens (primary N) is 1. The Balaban J connectivity index is 2.45. The van der Waals surface area contributed by atoms with Crippen LogP contribution in [0.1, 0.15) is 31.4 Å². The second-order valence-corrected chi connectivity index (χ2v) is 4.61. The Morgan fingerprint density at radius 2 is 1.94 bits per heavy atom. The largest absolute Gasteiger partial charge is 0.351 e. The van der Waals surface area contributed by atoms with Gasteiger partial charge in [0.25, 0.3) is 0 Å². The van der Waals surface area contributed by atoms with Crippen LogP contribution in [-0.2, 0) is 11.3 Å². The Hall–Kier alpha value is -1.35. The van der Waals surface area contributed by atoms with E-state index in [0.717, 1.165) is 12.0 Å². The summed E-state index contributed by atoms with van der Waals surface area (Å²) in [6.45, 7) is 6.62. The lowest BCUT2D eigenvalue weighted by Crippen LogP contribution is -2.44. The summed E-state index contributed by atoms with van der Waals surface area (Å²) in [4.78, 5) is 11.7. The van der Waals surface area contributed by atoms with Crippen molar-refractivity contribution in [3.8, 4) is 0 Å². The highest BCUT2D eigenvalue weighted by Crippen LogP contribution is 2.06. The molecule has 1 rings (SSSR count). The fourth-order valence-electron chi connectivity index (χ4n) is 1.53. The fourth-order valence-corrected chi connectivity index (χ4v) is 1.53. The first kappa shape index (κ1) is 13.7. The van der Waals surface area contributed by atoms with Gasteiger partial charge in [0.2, 0.25) is 5.91 Å². The van der Waals surface area contributed by atoms with Crippen LogP contribution in [0, 0.1) is 12.8 Å². The van der Waals surface area contributed by atoms with E-state index in [1.165, 1.54) is 5.56 Å². The number of amides is 1. The molecule has 3 heteroatoms. The summed E-state index contributed by atoms with van der Waals surface area (Å²) >= 11 is 0. The van der Waals surface area contributed by atoms with E-state index in [4.69, 9.17) is 5.73 Å². The molecule has 0 aliphatic rings. The highest BCUT2D eigenvalue weighted by Gasteiger charge is 2.18. The monoisotopic (exact) mass is 234 g/mol. The molecule has 0 heterocycles. The Labute approximate surface area is 103 Å². The van der Waals surface area contributed by atoms with Crippen molar-refractivity contribution in [2.24, 2.45) is 11.7 Å². The summed E-state index contributed by atoms with van der Waals surface area (Å²) in [5.74, 6) is 0.146. The molecule has 1 aromatic carbocycles. The SMILES string of the molecule is CCC(C)[C@H](N)C(=O)NCc1ccc(C)cc1. The standard InChI is InChI=1S/C14H22N2O/c1-4-11(3)13(15)14(17)16-9-12-7-5-10(2)6-8-12/h5-8,11,13H,4,9,15H2,1-3H3,(H,16,17)/t11?,13-/m0/s1. The van der Waals surface area contributed by atoms with Crippen LogP contribution in [0.4, 0.5) is 0 Å². The third-order valence-corrected chi connectivity index (χ3v) is 3.15. The molecule has 3 N–H and O–H groups in total. The van der Waals surface area contributed by atoms with E-state index < -0.39 is 6.04 Å². The lowest BCUT2D eigenvalue weighted by atomic mass is 9.99. The van der Waals surface area contributed by atoms with Gasteiger partial charge in [-0.25, -0.2) is 0 Å². The number of hydrogen-bond donors (Lipinski definition) is 2. The zero-order valence-corrected chi connectivity index (χ0v) is 10.9. The smallest absolute Gasteiger partial charge is 0.237 e. The van der Waals surface area contributed by atoms with Gasteiger partial charge in [-0.15, -0.1) is 0 Å². The van der Waals surface area contributed by atoms with Crippen LogP contribution in [0.3, 0.4) is 0 Å². The molecular weight excluding hydrogens is 212 g/mol. The van der Waals surface area contributed by atoms with Gasteiger partial charge in [0.15, 0.2) is 0 Å². The summed E-state index contributed by atoms with van der Waals surface area (Å²) in [5, 5.41) is 2.87. The molecule has 0 aliphatic heterocycles. The normalized spacial score (nSPS) is 14.1. The van der Waals surface area contributed by atoms with E-state index >= 15 is 0 Å². The van der Waals surface area contributed by atoms with Gasteiger partial charge in [-0.05, 0) is 18.4 Å². The summed E-state index contributed by atoms with van der Waals surface area (Å²) in [5.41, 5.74) is 8.16. The molecule has 0 saturated heterocycles. The summed E-state index contributed by atoms with van der Waals surface area (Å²) in [6, 6.07) is 7.70. The van der Waals surface area contributed by atoms with Crippen LogP contribution in [0.5, 0.6) is 0 Å². The molecule has 0 saturated carbocycles. The Morgan fingerprint density at radius 3 is 2.47 bits per heavy atom. The fraction of sp³-hybridized carbons (Fsp3) is 0.500. The first-order valence-corrected chi connectivity index (χ1v) is 6.13. The molecule has 2 atom stereocenters. The van der Waals surface area contributed by atoms with Crippen LogP contribution < -0.4 is 11.1 Å². The van der Waals surface area contributed by atoms with Crippen LogP contribution in [0.15, 0.2) is 24.3 Å². The average molecular weight is 234 g/mol. The van der Waals surface area contributed by atoms with Crippen LogP contribution in [0.2, 0.25) is 0 Å². The van der Waals surface area contributed by atoms with E-state index in [2.05, 4.69) is 5.32 Å². The molecular formula is C14H22N2O. The van der Waals surface area contributed by atoms with E-state index in [9.17, 15) is 4.79 Å². The highest BCUT2D eigenvalue weighted by atomic mass is 16.2. The van der Waals surface area contributed by atoms with Gasteiger partial charge in [0.05, 0.1) is 6.04 Å². The van der Waals surface area contributed by atoms with Crippen molar-refractivity contribution in [3.63, 3.8) is 0 Å². The highest BCUT2D eigenvalue weighted by molar-refractivity contribution is 5.81. The third kappa shape index (κ3) is 4.19. The number of hydrogen-bond acceptors (Lipinski definition) is 2. The van der Waals surface area contributed by atoms with Crippen molar-refractivity contribution in [2.75, 3.05) is 0 Å². The number of aryl methyl sites for hydroxylation is 1. The minimum atomic E-state index is -0.412. The predicted molar refractivity (Wildman–Crippen MR) is 70.5 cm³/mol. The maximum atomic E-state index is 11.7. The summed E-state index contributed by atoms with van der Waals surface area (Å²) < 4.78 is 0. The van der Waals surface area contributed by atoms with E-state index in [1.807, 2.05) is 45.0 Å². The van der Waals surface area contributed by atoms with E-state index in [-0.39, 0.29) is 11.8 Å². The zero-order chi connectivity index (χ0) is 12.8. The quantitative estimate of drug-likeness (QED) is 0.818. The zero-order valence-electron chi connectivity index (χ0n) is 10.9. The maximum Gasteiger partial charge on any atom is 0.237 e. The Bertz CT molecular complexity index is 359. The van der Waals surface area contributed by atoms with Gasteiger partial charge in [-0.3, -0.25) is 4.79 Å². The van der Waals surface area contributed by atoms with Gasteiger partial charge in [-0.1, -0.05) is 50.1 Å². The van der Waals surface area contributed by atoms with E-state index in [0.29, 0.717) is 6.54 Å². The minimum Gasteiger partial charge on any atom is -0.351 e. The van der Waals surface area contributed by atoms with Crippen molar-refractivity contribution in [1.82, 2.24) is 5.32 Å². The second kappa shape index (κ2) is 6.40. The van der Waals surface area contributed by atoms with Crippen molar-refractivity contribution in [3.05, 3.63) is 35.4 Å². The molecule has 0 radical (unpaired) electrons. The number of carbonyl (C=O) groups excluding carboxylic acids is 1. The minimum absolute atomic E-state index is 0.0695. The Morgan fingerprint density at radius 1 is 1.35 bits per heavy atom. The lowest BCUT2D eigenvalue weighted by molar-refractivity contribution is -0.123. The van der Waals surface area contributed by atoms with Gasteiger partial charge in [-0.2, -0.15) is 0 Å².